The quantitative estimate of drug-likeness (QED) is 0.382. The number of hydrogen-bond acceptors (Lipinski definition) is 2. The molecule has 0 saturated heterocycles. The van der Waals surface area contributed by atoms with E-state index in [0.717, 1.165) is 17.7 Å². The third-order valence-electron chi connectivity index (χ3n) is 1.35. The third-order valence-corrected chi connectivity index (χ3v) is 3.69. The van der Waals surface area contributed by atoms with Crippen LogP contribution in [0.25, 0.3) is 0 Å². The minimum Gasteiger partial charge on any atom is -0.135 e. The summed E-state index contributed by atoms with van der Waals surface area (Å²) < 4.78 is 0. The van der Waals surface area contributed by atoms with Gasteiger partial charge in [0.15, 0.2) is 0 Å². The van der Waals surface area contributed by atoms with Gasteiger partial charge in [-0.05, 0) is 29.2 Å². The summed E-state index contributed by atoms with van der Waals surface area (Å²) in [7, 11) is 1.27. The minimum absolute atomic E-state index is 1.00. The van der Waals surface area contributed by atoms with E-state index in [2.05, 4.69) is 19.9 Å². The molecule has 0 aliphatic rings. The van der Waals surface area contributed by atoms with Gasteiger partial charge in [-0.3, -0.25) is 0 Å². The van der Waals surface area contributed by atoms with Crippen molar-refractivity contribution in [1.82, 2.24) is 0 Å². The zero-order valence-corrected chi connectivity index (χ0v) is 11.1. The molecule has 0 aliphatic heterocycles. The van der Waals surface area contributed by atoms with Crippen LogP contribution >= 0.6 is 24.0 Å². The summed E-state index contributed by atoms with van der Waals surface area (Å²) in [6, 6.07) is 0. The lowest BCUT2D eigenvalue weighted by atomic mass is 10.3. The summed E-state index contributed by atoms with van der Waals surface area (Å²) in [4.78, 5) is 2.54. The predicted molar refractivity (Wildman–Crippen MR) is 63.7 cm³/mol. The molecular weight excluding hydrogens is 188 g/mol. The molecule has 11 heavy (non-hydrogen) atoms. The second-order valence-corrected chi connectivity index (χ2v) is 5.86. The molecule has 0 N–H and O–H groups in total. The Bertz CT molecular complexity index is 152. The smallest absolute Gasteiger partial charge is 0.0157 e. The van der Waals surface area contributed by atoms with E-state index < -0.39 is 0 Å². The Kier molecular flexibility index (Phi) is 7.32. The first kappa shape index (κ1) is 11.4. The lowest BCUT2D eigenvalue weighted by Crippen LogP contribution is -1.88. The molecule has 0 aromatic heterocycles. The maximum absolute atomic E-state index is 5.13. The van der Waals surface area contributed by atoms with Crippen LogP contribution in [0.5, 0.6) is 0 Å². The Morgan fingerprint density at radius 1 is 1.45 bits per heavy atom. The highest BCUT2D eigenvalue weighted by molar-refractivity contribution is 8.04. The van der Waals surface area contributed by atoms with Gasteiger partial charge in [-0.1, -0.05) is 26.1 Å². The van der Waals surface area contributed by atoms with Gasteiger partial charge in [0.05, 0.1) is 0 Å². The van der Waals surface area contributed by atoms with Gasteiger partial charge in [0.1, 0.15) is 0 Å². The molecule has 0 amide bonds. The second-order valence-electron chi connectivity index (χ2n) is 2.22. The van der Waals surface area contributed by atoms with E-state index in [1.807, 2.05) is 11.8 Å². The molecular formula is C8H16S2Si. The van der Waals surface area contributed by atoms with Gasteiger partial charge in [-0.15, -0.1) is 11.8 Å². The molecule has 0 fully saturated rings. The van der Waals surface area contributed by atoms with Crippen molar-refractivity contribution >= 4 is 39.1 Å². The molecule has 0 aliphatic carbocycles. The molecule has 0 rings (SSSR count). The summed E-state index contributed by atoms with van der Waals surface area (Å²) in [6.45, 7) is 4.30. The van der Waals surface area contributed by atoms with Crippen LogP contribution in [0.1, 0.15) is 26.7 Å². The zero-order chi connectivity index (χ0) is 8.69. The average molecular weight is 204 g/mol. The van der Waals surface area contributed by atoms with E-state index in [9.17, 15) is 0 Å². The van der Waals surface area contributed by atoms with Gasteiger partial charge >= 0.3 is 0 Å². The van der Waals surface area contributed by atoms with Crippen LogP contribution in [0, 0.1) is 0 Å². The van der Waals surface area contributed by atoms with Crippen LogP contribution in [-0.2, 0) is 0 Å². The Morgan fingerprint density at radius 2 is 2.09 bits per heavy atom. The van der Waals surface area contributed by atoms with Crippen LogP contribution in [0.3, 0.4) is 0 Å². The van der Waals surface area contributed by atoms with Gasteiger partial charge in [-0.2, -0.15) is 0 Å². The normalized spacial score (nSPS) is 12.0. The molecule has 0 spiro atoms. The van der Waals surface area contributed by atoms with Crippen molar-refractivity contribution in [2.75, 3.05) is 5.38 Å². The number of hydrogen-bond donors (Lipinski definition) is 0. The first-order valence-corrected chi connectivity index (χ1v) is 6.91. The number of thiocarbonyl (C=S) groups is 1. The van der Waals surface area contributed by atoms with Crippen LogP contribution in [0.15, 0.2) is 11.0 Å². The summed E-state index contributed by atoms with van der Waals surface area (Å²) in [5.41, 5.74) is 0. The monoisotopic (exact) mass is 204 g/mol. The number of rotatable bonds is 5. The van der Waals surface area contributed by atoms with Crippen molar-refractivity contribution in [3.63, 3.8) is 0 Å². The SMILES string of the molecule is CCC(=S)/C=C(/CC)SC[SiH3]. The number of thioether (sulfide) groups is 1. The highest BCUT2D eigenvalue weighted by Crippen LogP contribution is 2.17. The van der Waals surface area contributed by atoms with Crippen LogP contribution in [0.4, 0.5) is 0 Å². The number of allylic oxidation sites excluding steroid dienone is 2. The molecule has 0 bridgehead atoms. The van der Waals surface area contributed by atoms with Crippen molar-refractivity contribution in [2.45, 2.75) is 26.7 Å². The molecule has 0 atom stereocenters. The van der Waals surface area contributed by atoms with Crippen molar-refractivity contribution in [1.29, 1.82) is 0 Å². The summed E-state index contributed by atoms with van der Waals surface area (Å²) in [6.07, 6.45) is 4.30. The fourth-order valence-electron chi connectivity index (χ4n) is 0.713. The van der Waals surface area contributed by atoms with Gasteiger partial charge in [0.25, 0.3) is 0 Å². The first-order valence-electron chi connectivity index (χ1n) is 4.10. The summed E-state index contributed by atoms with van der Waals surface area (Å²) in [5.74, 6) is 0. The van der Waals surface area contributed by atoms with E-state index in [-0.39, 0.29) is 0 Å². The average Bonchev–Trinajstić information content (AvgIpc) is 2.03. The first-order chi connectivity index (χ1) is 5.24. The maximum atomic E-state index is 5.13. The molecule has 0 aromatic carbocycles. The molecule has 0 nitrogen and oxygen atoms in total. The Labute approximate surface area is 82.3 Å². The lowest BCUT2D eigenvalue weighted by molar-refractivity contribution is 1.20. The predicted octanol–water partition coefficient (Wildman–Crippen LogP) is 2.12. The summed E-state index contributed by atoms with van der Waals surface area (Å²) >= 11 is 7.09. The lowest BCUT2D eigenvalue weighted by Gasteiger charge is -2.01. The molecule has 3 heteroatoms. The maximum Gasteiger partial charge on any atom is 0.0157 e. The highest BCUT2D eigenvalue weighted by Gasteiger charge is 1.94. The van der Waals surface area contributed by atoms with Crippen LogP contribution in [0.2, 0.25) is 0 Å². The standard InChI is InChI=1S/C8H16S2Si/c1-3-7(9)5-8(4-2)10-6-11/h5H,3-4,6H2,1-2,11H3/b8-5-. The van der Waals surface area contributed by atoms with E-state index in [1.54, 1.807) is 0 Å². The third kappa shape index (κ3) is 5.64. The second kappa shape index (κ2) is 7.07. The van der Waals surface area contributed by atoms with E-state index >= 15 is 0 Å². The van der Waals surface area contributed by atoms with Crippen LogP contribution < -0.4 is 0 Å². The largest absolute Gasteiger partial charge is 0.135 e. The molecule has 0 heterocycles. The van der Waals surface area contributed by atoms with Gasteiger partial charge in [0.2, 0.25) is 0 Å². The molecule has 0 radical (unpaired) electrons. The van der Waals surface area contributed by atoms with E-state index in [0.29, 0.717) is 0 Å². The van der Waals surface area contributed by atoms with E-state index in [1.165, 1.54) is 20.5 Å². The zero-order valence-electron chi connectivity index (χ0n) is 7.52. The van der Waals surface area contributed by atoms with Gasteiger partial charge in [0, 0.05) is 15.1 Å². The minimum atomic E-state index is 1.00. The highest BCUT2D eigenvalue weighted by atomic mass is 32.2. The van der Waals surface area contributed by atoms with Crippen molar-refractivity contribution in [2.24, 2.45) is 0 Å². The molecule has 0 saturated carbocycles. The van der Waals surface area contributed by atoms with Crippen LogP contribution in [-0.4, -0.2) is 20.5 Å². The molecule has 0 aromatic rings. The van der Waals surface area contributed by atoms with Crippen molar-refractivity contribution < 1.29 is 0 Å². The Morgan fingerprint density at radius 3 is 2.45 bits per heavy atom. The fourth-order valence-corrected chi connectivity index (χ4v) is 2.84. The van der Waals surface area contributed by atoms with Crippen molar-refractivity contribution in [3.05, 3.63) is 11.0 Å². The Balaban J connectivity index is 3.99. The summed E-state index contributed by atoms with van der Waals surface area (Å²) in [5, 5.41) is 1.28. The van der Waals surface area contributed by atoms with Gasteiger partial charge in [-0.25, -0.2) is 0 Å². The van der Waals surface area contributed by atoms with Gasteiger partial charge < -0.3 is 0 Å². The topological polar surface area (TPSA) is 0 Å². The Hall–Kier alpha value is 0.397. The molecule has 0 unspecified atom stereocenters. The van der Waals surface area contributed by atoms with E-state index in [4.69, 9.17) is 12.2 Å². The fraction of sp³-hybridized carbons (Fsp3) is 0.625. The molecule has 64 valence electrons. The van der Waals surface area contributed by atoms with Crippen molar-refractivity contribution in [3.8, 4) is 0 Å².